The molecule has 5 nitrogen and oxygen atoms in total. The van der Waals surface area contributed by atoms with E-state index >= 15 is 0 Å². The van der Waals surface area contributed by atoms with Crippen molar-refractivity contribution in [1.29, 1.82) is 0 Å². The van der Waals surface area contributed by atoms with Gasteiger partial charge >= 0.3 is 0 Å². The summed E-state index contributed by atoms with van der Waals surface area (Å²) in [5, 5.41) is 3.44. The van der Waals surface area contributed by atoms with E-state index in [0.29, 0.717) is 18.1 Å². The molecule has 2 fully saturated rings. The minimum absolute atomic E-state index is 0.206. The van der Waals surface area contributed by atoms with Gasteiger partial charge in [-0.15, -0.1) is 0 Å². The molecule has 2 rings (SSSR count). The van der Waals surface area contributed by atoms with Crippen LogP contribution in [0.1, 0.15) is 25.7 Å². The highest BCUT2D eigenvalue weighted by Crippen LogP contribution is 2.19. The fourth-order valence-corrected chi connectivity index (χ4v) is 5.03. The van der Waals surface area contributed by atoms with E-state index in [9.17, 15) is 8.42 Å². The smallest absolute Gasteiger partial charge is 0.193 e. The third kappa shape index (κ3) is 5.70. The van der Waals surface area contributed by atoms with Crippen molar-refractivity contribution in [2.24, 2.45) is 10.9 Å². The fraction of sp³-hybridized carbons (Fsp3) is 0.929. The van der Waals surface area contributed by atoms with Gasteiger partial charge in [-0.3, -0.25) is 4.99 Å². The monoisotopic (exact) mass is 333 g/mol. The van der Waals surface area contributed by atoms with Crippen molar-refractivity contribution < 1.29 is 8.42 Å². The largest absolute Gasteiger partial charge is 0.355 e. The summed E-state index contributed by atoms with van der Waals surface area (Å²) in [6, 6.07) is 0. The standard InChI is InChI=1S/C14H27N3O2S2/c1-20-9-6-15-14(17-7-3-2-4-8-17)16-11-13-5-10-21(18,19)12-13/h13H,2-12H2,1H3,(H,15,16). The molecule has 0 aromatic rings. The Hall–Kier alpha value is -0.430. The highest BCUT2D eigenvalue weighted by Gasteiger charge is 2.27. The second kappa shape index (κ2) is 8.27. The Bertz CT molecular complexity index is 445. The number of likely N-dealkylation sites (tertiary alicyclic amines) is 1. The summed E-state index contributed by atoms with van der Waals surface area (Å²) in [6.45, 7) is 3.68. The number of nitrogens with one attached hydrogen (secondary N) is 1. The molecule has 7 heteroatoms. The normalized spacial score (nSPS) is 26.0. The number of thioether (sulfide) groups is 1. The van der Waals surface area contributed by atoms with Crippen LogP contribution in [0, 0.1) is 5.92 Å². The van der Waals surface area contributed by atoms with Crippen LogP contribution >= 0.6 is 11.8 Å². The fourth-order valence-electron chi connectivity index (χ4n) is 2.87. The summed E-state index contributed by atoms with van der Waals surface area (Å²) >= 11 is 1.82. The average molecular weight is 334 g/mol. The third-order valence-electron chi connectivity index (χ3n) is 4.07. The number of sulfone groups is 1. The van der Waals surface area contributed by atoms with Crippen LogP contribution in [0.2, 0.25) is 0 Å². The van der Waals surface area contributed by atoms with Gasteiger partial charge in [-0.1, -0.05) is 0 Å². The molecule has 2 aliphatic heterocycles. The molecule has 0 aromatic carbocycles. The topological polar surface area (TPSA) is 61.8 Å². The Kier molecular flexibility index (Phi) is 6.67. The molecule has 0 amide bonds. The predicted molar refractivity (Wildman–Crippen MR) is 90.9 cm³/mol. The maximum Gasteiger partial charge on any atom is 0.193 e. The van der Waals surface area contributed by atoms with E-state index < -0.39 is 9.84 Å². The van der Waals surface area contributed by atoms with Gasteiger partial charge in [0.1, 0.15) is 0 Å². The number of hydrogen-bond donors (Lipinski definition) is 1. The van der Waals surface area contributed by atoms with Gasteiger partial charge in [-0.25, -0.2) is 8.42 Å². The highest BCUT2D eigenvalue weighted by molar-refractivity contribution is 7.98. The first-order valence-electron chi connectivity index (χ1n) is 7.83. The van der Waals surface area contributed by atoms with Crippen LogP contribution < -0.4 is 5.32 Å². The van der Waals surface area contributed by atoms with Crippen molar-refractivity contribution in [2.45, 2.75) is 25.7 Å². The molecule has 21 heavy (non-hydrogen) atoms. The van der Waals surface area contributed by atoms with Gasteiger partial charge in [0.05, 0.1) is 11.5 Å². The van der Waals surface area contributed by atoms with E-state index in [2.05, 4.69) is 16.5 Å². The molecule has 0 saturated carbocycles. The van der Waals surface area contributed by atoms with Crippen LogP contribution in [-0.2, 0) is 9.84 Å². The maximum atomic E-state index is 11.5. The summed E-state index contributed by atoms with van der Waals surface area (Å²) in [6.07, 6.45) is 6.62. The lowest BCUT2D eigenvalue weighted by Crippen LogP contribution is -2.45. The molecule has 0 aliphatic carbocycles. The second-order valence-corrected chi connectivity index (χ2v) is 9.11. The predicted octanol–water partition coefficient (Wildman–Crippen LogP) is 1.22. The van der Waals surface area contributed by atoms with Gasteiger partial charge in [0.25, 0.3) is 0 Å². The van der Waals surface area contributed by atoms with Crippen LogP contribution in [0.5, 0.6) is 0 Å². The molecule has 1 unspecified atom stereocenters. The average Bonchev–Trinajstić information content (AvgIpc) is 2.83. The minimum Gasteiger partial charge on any atom is -0.355 e. The Morgan fingerprint density at radius 3 is 2.71 bits per heavy atom. The summed E-state index contributed by atoms with van der Waals surface area (Å²) in [5.74, 6) is 2.90. The number of guanidine groups is 1. The number of nitrogens with zero attached hydrogens (tertiary/aromatic N) is 2. The number of rotatable bonds is 5. The Balaban J connectivity index is 1.91. The Morgan fingerprint density at radius 2 is 2.10 bits per heavy atom. The van der Waals surface area contributed by atoms with Crippen molar-refractivity contribution in [3.8, 4) is 0 Å². The van der Waals surface area contributed by atoms with Gasteiger partial charge in [0.2, 0.25) is 0 Å². The van der Waals surface area contributed by atoms with Gasteiger partial charge < -0.3 is 10.2 Å². The van der Waals surface area contributed by atoms with Crippen molar-refractivity contribution in [3.63, 3.8) is 0 Å². The van der Waals surface area contributed by atoms with Crippen LogP contribution in [-0.4, -0.2) is 69.0 Å². The quantitative estimate of drug-likeness (QED) is 0.466. The molecular weight excluding hydrogens is 306 g/mol. The highest BCUT2D eigenvalue weighted by atomic mass is 32.2. The molecule has 0 bridgehead atoms. The van der Waals surface area contributed by atoms with Crippen LogP contribution in [0.4, 0.5) is 0 Å². The van der Waals surface area contributed by atoms with Crippen LogP contribution in [0.15, 0.2) is 4.99 Å². The van der Waals surface area contributed by atoms with Crippen molar-refractivity contribution in [2.75, 3.05) is 49.7 Å². The van der Waals surface area contributed by atoms with E-state index in [1.807, 2.05) is 11.8 Å². The summed E-state index contributed by atoms with van der Waals surface area (Å²) in [4.78, 5) is 7.05. The van der Waals surface area contributed by atoms with Gasteiger partial charge in [0, 0.05) is 31.9 Å². The van der Waals surface area contributed by atoms with E-state index in [-0.39, 0.29) is 5.92 Å². The molecule has 0 spiro atoms. The number of hydrogen-bond acceptors (Lipinski definition) is 4. The van der Waals surface area contributed by atoms with Crippen LogP contribution in [0.3, 0.4) is 0 Å². The van der Waals surface area contributed by atoms with Gasteiger partial charge in [0.15, 0.2) is 15.8 Å². The first-order valence-corrected chi connectivity index (χ1v) is 11.0. The first-order chi connectivity index (χ1) is 10.1. The summed E-state index contributed by atoms with van der Waals surface area (Å²) in [7, 11) is -2.80. The molecule has 122 valence electrons. The van der Waals surface area contributed by atoms with Gasteiger partial charge in [-0.2, -0.15) is 11.8 Å². The van der Waals surface area contributed by atoms with Crippen molar-refractivity contribution in [3.05, 3.63) is 0 Å². The molecule has 1 atom stereocenters. The second-order valence-electron chi connectivity index (χ2n) is 5.90. The first kappa shape index (κ1) is 16.9. The number of piperidine rings is 1. The molecule has 0 aromatic heterocycles. The molecule has 1 N–H and O–H groups in total. The molecule has 0 radical (unpaired) electrons. The van der Waals surface area contributed by atoms with Gasteiger partial charge in [-0.05, 0) is 37.9 Å². The lowest BCUT2D eigenvalue weighted by Gasteiger charge is -2.30. The zero-order valence-corrected chi connectivity index (χ0v) is 14.5. The zero-order chi connectivity index (χ0) is 15.1. The van der Waals surface area contributed by atoms with Crippen molar-refractivity contribution in [1.82, 2.24) is 10.2 Å². The van der Waals surface area contributed by atoms with Crippen molar-refractivity contribution >= 4 is 27.6 Å². The molecule has 2 heterocycles. The van der Waals surface area contributed by atoms with E-state index in [1.165, 1.54) is 19.3 Å². The number of aliphatic imine (C=N–C) groups is 1. The van der Waals surface area contributed by atoms with E-state index in [0.717, 1.165) is 37.8 Å². The molecule has 2 saturated heterocycles. The third-order valence-corrected chi connectivity index (χ3v) is 6.52. The maximum absolute atomic E-state index is 11.5. The summed E-state index contributed by atoms with van der Waals surface area (Å²) in [5.41, 5.74) is 0. The minimum atomic E-state index is -2.80. The Morgan fingerprint density at radius 1 is 1.33 bits per heavy atom. The Labute approximate surface area is 132 Å². The molecular formula is C14H27N3O2S2. The van der Waals surface area contributed by atoms with E-state index in [4.69, 9.17) is 4.99 Å². The zero-order valence-electron chi connectivity index (χ0n) is 12.9. The SMILES string of the molecule is CSCCNC(=NCC1CCS(=O)(=O)C1)N1CCCCC1. The van der Waals surface area contributed by atoms with E-state index in [1.54, 1.807) is 0 Å². The lowest BCUT2D eigenvalue weighted by molar-refractivity contribution is 0.331. The lowest BCUT2D eigenvalue weighted by atomic mass is 10.1. The molecule has 2 aliphatic rings. The van der Waals surface area contributed by atoms with Crippen LogP contribution in [0.25, 0.3) is 0 Å². The summed E-state index contributed by atoms with van der Waals surface area (Å²) < 4.78 is 23.0.